The van der Waals surface area contributed by atoms with Crippen molar-refractivity contribution in [3.8, 4) is 0 Å². The van der Waals surface area contributed by atoms with E-state index in [4.69, 9.17) is 4.52 Å². The van der Waals surface area contributed by atoms with E-state index in [1.165, 1.54) is 6.92 Å². The summed E-state index contributed by atoms with van der Waals surface area (Å²) in [7, 11) is 0. The molecular weight excluding hydrogens is 337 g/mol. The first-order valence-electron chi connectivity index (χ1n) is 8.00. The molecule has 1 saturated carbocycles. The maximum absolute atomic E-state index is 12.9. The summed E-state index contributed by atoms with van der Waals surface area (Å²) in [6.07, 6.45) is -3.90. The van der Waals surface area contributed by atoms with Gasteiger partial charge in [-0.25, -0.2) is 4.98 Å². The van der Waals surface area contributed by atoms with Crippen LogP contribution in [0.1, 0.15) is 41.7 Å². The first kappa shape index (κ1) is 17.7. The number of rotatable bonds is 4. The van der Waals surface area contributed by atoms with Crippen LogP contribution in [0.5, 0.6) is 0 Å². The molecule has 0 spiro atoms. The molecule has 1 aliphatic rings. The summed E-state index contributed by atoms with van der Waals surface area (Å²) in [5.74, 6) is 1.01. The van der Waals surface area contributed by atoms with E-state index in [0.29, 0.717) is 31.1 Å². The van der Waals surface area contributed by atoms with Crippen LogP contribution in [0.15, 0.2) is 16.7 Å². The number of pyridine rings is 1. The van der Waals surface area contributed by atoms with Gasteiger partial charge in [-0.1, -0.05) is 5.16 Å². The molecule has 3 atom stereocenters. The van der Waals surface area contributed by atoms with Crippen LogP contribution in [0, 0.1) is 19.8 Å². The summed E-state index contributed by atoms with van der Waals surface area (Å²) in [5.41, 5.74) is -0.461. The van der Waals surface area contributed by atoms with Gasteiger partial charge in [0.25, 0.3) is 0 Å². The molecule has 0 radical (unpaired) electrons. The molecule has 3 rings (SSSR count). The van der Waals surface area contributed by atoms with Gasteiger partial charge in [-0.05, 0) is 38.8 Å². The van der Waals surface area contributed by atoms with E-state index in [1.54, 1.807) is 6.92 Å². The highest BCUT2D eigenvalue weighted by atomic mass is 19.4. The van der Waals surface area contributed by atoms with Gasteiger partial charge >= 0.3 is 6.18 Å². The minimum absolute atomic E-state index is 0.0424. The lowest BCUT2D eigenvalue weighted by atomic mass is 10.0. The molecule has 1 fully saturated rings. The van der Waals surface area contributed by atoms with Crippen LogP contribution in [-0.2, 0) is 6.18 Å². The topological polar surface area (TPSA) is 84.1 Å². The standard InChI is InChI=1S/C16H19F3N4O2/c1-8-3-12(16(17,18)19)6-14(21-8)20-7-11-4-10(5-13(11)24)15-22-9(2)23-25-15/h3,6,10-11,13,24H,4-5,7H2,1-2H3,(H,20,21)/t10-,11+,13+/m0/s1. The molecule has 25 heavy (non-hydrogen) atoms. The van der Waals surface area contributed by atoms with Crippen molar-refractivity contribution in [1.82, 2.24) is 15.1 Å². The Hall–Kier alpha value is -2.16. The van der Waals surface area contributed by atoms with Crippen LogP contribution in [-0.4, -0.2) is 32.9 Å². The van der Waals surface area contributed by atoms with Crippen molar-refractivity contribution >= 4 is 5.82 Å². The summed E-state index contributed by atoms with van der Waals surface area (Å²) in [5, 5.41) is 16.9. The van der Waals surface area contributed by atoms with Crippen LogP contribution in [0.3, 0.4) is 0 Å². The zero-order valence-electron chi connectivity index (χ0n) is 13.8. The first-order chi connectivity index (χ1) is 11.7. The lowest BCUT2D eigenvalue weighted by Crippen LogP contribution is -2.22. The van der Waals surface area contributed by atoms with Crippen LogP contribution in [0.4, 0.5) is 19.0 Å². The van der Waals surface area contributed by atoms with Crippen molar-refractivity contribution in [1.29, 1.82) is 0 Å². The highest BCUT2D eigenvalue weighted by molar-refractivity contribution is 5.40. The molecule has 2 aromatic heterocycles. The van der Waals surface area contributed by atoms with Gasteiger partial charge in [0, 0.05) is 24.1 Å². The van der Waals surface area contributed by atoms with Crippen molar-refractivity contribution in [3.05, 3.63) is 35.1 Å². The number of nitrogens with one attached hydrogen (secondary N) is 1. The van der Waals surface area contributed by atoms with Gasteiger partial charge in [-0.2, -0.15) is 18.2 Å². The smallest absolute Gasteiger partial charge is 0.393 e. The summed E-state index contributed by atoms with van der Waals surface area (Å²) >= 11 is 0. The maximum Gasteiger partial charge on any atom is 0.416 e. The Labute approximate surface area is 142 Å². The molecule has 6 nitrogen and oxygen atoms in total. The number of hydrogen-bond acceptors (Lipinski definition) is 6. The average Bonchev–Trinajstić information content (AvgIpc) is 3.10. The second kappa shape index (κ2) is 6.62. The number of aliphatic hydroxyl groups is 1. The van der Waals surface area contributed by atoms with Crippen molar-refractivity contribution in [2.75, 3.05) is 11.9 Å². The number of aliphatic hydroxyl groups excluding tert-OH is 1. The molecule has 0 amide bonds. The number of halogens is 3. The van der Waals surface area contributed by atoms with E-state index >= 15 is 0 Å². The predicted molar refractivity (Wildman–Crippen MR) is 83.0 cm³/mol. The fraction of sp³-hybridized carbons (Fsp3) is 0.562. The van der Waals surface area contributed by atoms with E-state index in [0.717, 1.165) is 12.1 Å². The highest BCUT2D eigenvalue weighted by Gasteiger charge is 2.37. The third kappa shape index (κ3) is 4.09. The van der Waals surface area contributed by atoms with Gasteiger partial charge in [0.15, 0.2) is 5.82 Å². The fourth-order valence-corrected chi connectivity index (χ4v) is 3.16. The van der Waals surface area contributed by atoms with Crippen LogP contribution < -0.4 is 5.32 Å². The second-order valence-electron chi connectivity index (χ2n) is 6.44. The van der Waals surface area contributed by atoms with Gasteiger partial charge in [-0.15, -0.1) is 0 Å². The summed E-state index contributed by atoms with van der Waals surface area (Å²) in [4.78, 5) is 8.26. The lowest BCUT2D eigenvalue weighted by molar-refractivity contribution is -0.137. The summed E-state index contributed by atoms with van der Waals surface area (Å²) in [6, 6.07) is 1.98. The predicted octanol–water partition coefficient (Wildman–Crippen LogP) is 3.07. The zero-order valence-corrected chi connectivity index (χ0v) is 13.8. The Balaban J connectivity index is 1.65. The SMILES string of the molecule is Cc1cc(C(F)(F)F)cc(NC[C@H]2C[C@H](c3nc(C)no3)C[C@H]2O)n1. The minimum Gasteiger partial charge on any atom is -0.393 e. The Morgan fingerprint density at radius 2 is 2.00 bits per heavy atom. The summed E-state index contributed by atoms with van der Waals surface area (Å²) < 4.78 is 43.8. The molecule has 0 unspecified atom stereocenters. The Kier molecular flexibility index (Phi) is 4.68. The molecule has 0 aliphatic heterocycles. The Bertz CT molecular complexity index is 747. The van der Waals surface area contributed by atoms with Crippen molar-refractivity contribution < 1.29 is 22.8 Å². The van der Waals surface area contributed by atoms with E-state index < -0.39 is 17.8 Å². The molecule has 0 saturated heterocycles. The number of nitrogens with zero attached hydrogens (tertiary/aromatic N) is 3. The third-order valence-corrected chi connectivity index (χ3v) is 4.38. The van der Waals surface area contributed by atoms with E-state index in [2.05, 4.69) is 20.4 Å². The van der Waals surface area contributed by atoms with E-state index in [1.807, 2.05) is 0 Å². The number of alkyl halides is 3. The van der Waals surface area contributed by atoms with Gasteiger partial charge in [0.1, 0.15) is 5.82 Å². The Morgan fingerprint density at radius 1 is 1.24 bits per heavy atom. The molecule has 2 heterocycles. The van der Waals surface area contributed by atoms with E-state index in [9.17, 15) is 18.3 Å². The molecule has 0 bridgehead atoms. The van der Waals surface area contributed by atoms with Crippen molar-refractivity contribution in [2.45, 2.75) is 44.9 Å². The molecular formula is C16H19F3N4O2. The number of anilines is 1. The van der Waals surface area contributed by atoms with Crippen LogP contribution >= 0.6 is 0 Å². The van der Waals surface area contributed by atoms with Crippen LogP contribution in [0.2, 0.25) is 0 Å². The number of hydrogen-bond donors (Lipinski definition) is 2. The van der Waals surface area contributed by atoms with Crippen molar-refractivity contribution in [2.24, 2.45) is 5.92 Å². The number of aromatic nitrogens is 3. The highest BCUT2D eigenvalue weighted by Crippen LogP contribution is 2.38. The number of aryl methyl sites for hydroxylation is 2. The zero-order chi connectivity index (χ0) is 18.2. The second-order valence-corrected chi connectivity index (χ2v) is 6.44. The first-order valence-corrected chi connectivity index (χ1v) is 8.00. The molecule has 136 valence electrons. The van der Waals surface area contributed by atoms with Gasteiger partial charge < -0.3 is 14.9 Å². The van der Waals surface area contributed by atoms with Gasteiger partial charge in [-0.3, -0.25) is 0 Å². The monoisotopic (exact) mass is 356 g/mol. The van der Waals surface area contributed by atoms with E-state index in [-0.39, 0.29) is 23.3 Å². The summed E-state index contributed by atoms with van der Waals surface area (Å²) in [6.45, 7) is 3.55. The van der Waals surface area contributed by atoms with Crippen molar-refractivity contribution in [3.63, 3.8) is 0 Å². The fourth-order valence-electron chi connectivity index (χ4n) is 3.16. The Morgan fingerprint density at radius 3 is 2.64 bits per heavy atom. The lowest BCUT2D eigenvalue weighted by Gasteiger charge is -2.16. The minimum atomic E-state index is -4.42. The third-order valence-electron chi connectivity index (χ3n) is 4.38. The average molecular weight is 356 g/mol. The molecule has 2 aromatic rings. The molecule has 1 aliphatic carbocycles. The molecule has 0 aromatic carbocycles. The molecule has 9 heteroatoms. The van der Waals surface area contributed by atoms with Gasteiger partial charge in [0.05, 0.1) is 11.7 Å². The normalized spacial score (nSPS) is 23.8. The van der Waals surface area contributed by atoms with Crippen LogP contribution in [0.25, 0.3) is 0 Å². The quantitative estimate of drug-likeness (QED) is 0.876. The van der Waals surface area contributed by atoms with Gasteiger partial charge in [0.2, 0.25) is 5.89 Å². The maximum atomic E-state index is 12.9. The molecule has 2 N–H and O–H groups in total. The largest absolute Gasteiger partial charge is 0.416 e.